The molecule has 1 N–H and O–H groups in total. The van der Waals surface area contributed by atoms with Gasteiger partial charge in [0.15, 0.2) is 0 Å². The van der Waals surface area contributed by atoms with Crippen molar-refractivity contribution in [1.82, 2.24) is 10.2 Å². The molecule has 20 heavy (non-hydrogen) atoms. The molecule has 1 aliphatic heterocycles. The Bertz CT molecular complexity index is 463. The average molecular weight is 293 g/mol. The lowest BCUT2D eigenvalue weighted by molar-refractivity contribution is 0.0595. The van der Waals surface area contributed by atoms with E-state index < -0.39 is 0 Å². The summed E-state index contributed by atoms with van der Waals surface area (Å²) in [5.74, 6) is 0.108. The minimum Gasteiger partial charge on any atom is -0.331 e. The number of amides is 1. The second kappa shape index (κ2) is 6.15. The lowest BCUT2D eigenvalue weighted by atomic mass is 10.1. The Morgan fingerprint density at radius 3 is 2.55 bits per heavy atom. The van der Waals surface area contributed by atoms with Crippen LogP contribution in [0.5, 0.6) is 0 Å². The highest BCUT2D eigenvalue weighted by Crippen LogP contribution is 2.29. The van der Waals surface area contributed by atoms with Crippen molar-refractivity contribution in [3.8, 4) is 0 Å². The van der Waals surface area contributed by atoms with E-state index in [1.54, 1.807) is 6.07 Å². The highest BCUT2D eigenvalue weighted by atomic mass is 35.5. The number of benzene rings is 1. The smallest absolute Gasteiger partial charge is 0.255 e. The minimum atomic E-state index is 0.108. The molecule has 2 fully saturated rings. The second-order valence-electron chi connectivity index (χ2n) is 5.78. The van der Waals surface area contributed by atoms with Crippen LogP contribution in [0.25, 0.3) is 0 Å². The first-order chi connectivity index (χ1) is 9.77. The van der Waals surface area contributed by atoms with Crippen molar-refractivity contribution in [2.24, 2.45) is 0 Å². The molecule has 0 aromatic heterocycles. The molecule has 3 nitrogen and oxygen atoms in total. The van der Waals surface area contributed by atoms with Gasteiger partial charge in [0.25, 0.3) is 5.91 Å². The van der Waals surface area contributed by atoms with Crippen molar-refractivity contribution < 1.29 is 4.79 Å². The number of carbonyl (C=O) groups excluding carboxylic acids is 1. The molecule has 1 saturated carbocycles. The molecular formula is C16H21ClN2O. The molecule has 1 saturated heterocycles. The summed E-state index contributed by atoms with van der Waals surface area (Å²) in [5, 5.41) is 3.93. The Balaban J connectivity index is 1.88. The number of halogens is 1. The van der Waals surface area contributed by atoms with Gasteiger partial charge in [-0.05, 0) is 37.9 Å². The Morgan fingerprint density at radius 1 is 1.15 bits per heavy atom. The summed E-state index contributed by atoms with van der Waals surface area (Å²) >= 11 is 6.21. The molecule has 2 aliphatic rings. The zero-order valence-corrected chi connectivity index (χ0v) is 12.4. The van der Waals surface area contributed by atoms with Gasteiger partial charge in [0.1, 0.15) is 0 Å². The Kier molecular flexibility index (Phi) is 4.27. The van der Waals surface area contributed by atoms with E-state index in [9.17, 15) is 4.79 Å². The Hall–Kier alpha value is -1.06. The molecule has 0 bridgehead atoms. The van der Waals surface area contributed by atoms with Gasteiger partial charge in [-0.2, -0.15) is 0 Å². The van der Waals surface area contributed by atoms with E-state index in [2.05, 4.69) is 10.2 Å². The zero-order chi connectivity index (χ0) is 13.9. The fraction of sp³-hybridized carbons (Fsp3) is 0.562. The summed E-state index contributed by atoms with van der Waals surface area (Å²) in [6, 6.07) is 8.11. The number of nitrogens with zero attached hydrogens (tertiary/aromatic N) is 1. The van der Waals surface area contributed by atoms with E-state index in [-0.39, 0.29) is 5.91 Å². The fourth-order valence-electron chi connectivity index (χ4n) is 3.46. The Morgan fingerprint density at radius 2 is 1.90 bits per heavy atom. The zero-order valence-electron chi connectivity index (χ0n) is 11.6. The van der Waals surface area contributed by atoms with Crippen LogP contribution in [0, 0.1) is 0 Å². The van der Waals surface area contributed by atoms with E-state index in [0.717, 1.165) is 32.4 Å². The lowest BCUT2D eigenvalue weighted by Crippen LogP contribution is -2.47. The van der Waals surface area contributed by atoms with Crippen LogP contribution in [0.1, 0.15) is 42.5 Å². The van der Waals surface area contributed by atoms with Crippen molar-refractivity contribution in [3.05, 3.63) is 34.9 Å². The van der Waals surface area contributed by atoms with E-state index in [1.165, 1.54) is 12.8 Å². The van der Waals surface area contributed by atoms with Crippen molar-refractivity contribution >= 4 is 17.5 Å². The van der Waals surface area contributed by atoms with Crippen molar-refractivity contribution in [1.29, 1.82) is 0 Å². The molecule has 1 aromatic rings. The third-order valence-electron chi connectivity index (χ3n) is 4.48. The maximum absolute atomic E-state index is 13.0. The SMILES string of the molecule is O=C(c1ccccc1Cl)N(C1CCCC1)[C@@H]1CCNC1. The summed E-state index contributed by atoms with van der Waals surface area (Å²) in [6.45, 7) is 1.91. The number of rotatable bonds is 3. The summed E-state index contributed by atoms with van der Waals surface area (Å²) in [6.07, 6.45) is 5.78. The number of hydrogen-bond donors (Lipinski definition) is 1. The van der Waals surface area contributed by atoms with Gasteiger partial charge in [0, 0.05) is 18.6 Å². The highest BCUT2D eigenvalue weighted by Gasteiger charge is 2.34. The highest BCUT2D eigenvalue weighted by molar-refractivity contribution is 6.33. The molecule has 1 atom stereocenters. The van der Waals surface area contributed by atoms with Crippen LogP contribution in [0.15, 0.2) is 24.3 Å². The quantitative estimate of drug-likeness (QED) is 0.928. The van der Waals surface area contributed by atoms with Crippen LogP contribution >= 0.6 is 11.6 Å². The normalized spacial score (nSPS) is 23.1. The second-order valence-corrected chi connectivity index (χ2v) is 6.18. The molecule has 1 heterocycles. The van der Waals surface area contributed by atoms with Gasteiger partial charge in [-0.25, -0.2) is 0 Å². The van der Waals surface area contributed by atoms with Gasteiger partial charge in [-0.15, -0.1) is 0 Å². The molecule has 0 radical (unpaired) electrons. The van der Waals surface area contributed by atoms with E-state index in [4.69, 9.17) is 11.6 Å². The molecule has 0 spiro atoms. The summed E-state index contributed by atoms with van der Waals surface area (Å²) < 4.78 is 0. The molecule has 3 rings (SSSR count). The van der Waals surface area contributed by atoms with Crippen LogP contribution in [-0.4, -0.2) is 36.0 Å². The summed E-state index contributed by atoms with van der Waals surface area (Å²) in [4.78, 5) is 15.1. The first kappa shape index (κ1) is 13.9. The maximum Gasteiger partial charge on any atom is 0.255 e. The predicted molar refractivity (Wildman–Crippen MR) is 81.2 cm³/mol. The number of hydrogen-bond acceptors (Lipinski definition) is 2. The topological polar surface area (TPSA) is 32.3 Å². The van der Waals surface area contributed by atoms with Crippen LogP contribution in [0.2, 0.25) is 5.02 Å². The maximum atomic E-state index is 13.0. The predicted octanol–water partition coefficient (Wildman–Crippen LogP) is 3.09. The van der Waals surface area contributed by atoms with Crippen LogP contribution < -0.4 is 5.32 Å². The first-order valence-electron chi connectivity index (χ1n) is 7.55. The van der Waals surface area contributed by atoms with Crippen LogP contribution in [-0.2, 0) is 0 Å². The van der Waals surface area contributed by atoms with Gasteiger partial charge in [0.05, 0.1) is 10.6 Å². The largest absolute Gasteiger partial charge is 0.331 e. The monoisotopic (exact) mass is 292 g/mol. The van der Waals surface area contributed by atoms with Crippen molar-refractivity contribution in [2.75, 3.05) is 13.1 Å². The van der Waals surface area contributed by atoms with E-state index in [0.29, 0.717) is 22.7 Å². The lowest BCUT2D eigenvalue weighted by Gasteiger charge is -2.34. The van der Waals surface area contributed by atoms with Gasteiger partial charge in [-0.3, -0.25) is 4.79 Å². The van der Waals surface area contributed by atoms with Crippen molar-refractivity contribution in [3.63, 3.8) is 0 Å². The van der Waals surface area contributed by atoms with Crippen molar-refractivity contribution in [2.45, 2.75) is 44.2 Å². The molecule has 1 aromatic carbocycles. The number of carbonyl (C=O) groups is 1. The first-order valence-corrected chi connectivity index (χ1v) is 7.93. The third-order valence-corrected chi connectivity index (χ3v) is 4.81. The average Bonchev–Trinajstić information content (AvgIpc) is 3.13. The molecule has 4 heteroatoms. The van der Waals surface area contributed by atoms with Gasteiger partial charge in [-0.1, -0.05) is 36.6 Å². The molecular weight excluding hydrogens is 272 g/mol. The summed E-state index contributed by atoms with van der Waals surface area (Å²) in [5.41, 5.74) is 0.646. The van der Waals surface area contributed by atoms with Gasteiger partial charge >= 0.3 is 0 Å². The summed E-state index contributed by atoms with van der Waals surface area (Å²) in [7, 11) is 0. The van der Waals surface area contributed by atoms with Gasteiger partial charge in [0.2, 0.25) is 0 Å². The molecule has 108 valence electrons. The van der Waals surface area contributed by atoms with Gasteiger partial charge < -0.3 is 10.2 Å². The molecule has 1 amide bonds. The fourth-order valence-corrected chi connectivity index (χ4v) is 3.68. The molecule has 0 unspecified atom stereocenters. The third kappa shape index (κ3) is 2.70. The standard InChI is InChI=1S/C16H21ClN2O/c17-15-8-4-3-7-14(15)16(20)19(12-5-1-2-6-12)13-9-10-18-11-13/h3-4,7-8,12-13,18H,1-2,5-6,9-11H2/t13-/m1/s1. The van der Waals surface area contributed by atoms with Crippen LogP contribution in [0.4, 0.5) is 0 Å². The number of nitrogens with one attached hydrogen (secondary N) is 1. The van der Waals surface area contributed by atoms with E-state index in [1.807, 2.05) is 18.2 Å². The van der Waals surface area contributed by atoms with Crippen LogP contribution in [0.3, 0.4) is 0 Å². The minimum absolute atomic E-state index is 0.108. The Labute approximate surface area is 125 Å². The van der Waals surface area contributed by atoms with E-state index >= 15 is 0 Å². The molecule has 1 aliphatic carbocycles.